The van der Waals surface area contributed by atoms with Crippen molar-refractivity contribution in [1.82, 2.24) is 4.90 Å². The molecule has 5 nitrogen and oxygen atoms in total. The number of hydrogen-bond acceptors (Lipinski definition) is 5. The molecule has 5 heteroatoms. The molecule has 2 saturated heterocycles. The van der Waals surface area contributed by atoms with Crippen molar-refractivity contribution in [1.29, 1.82) is 0 Å². The van der Waals surface area contributed by atoms with E-state index in [2.05, 4.69) is 30.9 Å². The van der Waals surface area contributed by atoms with Gasteiger partial charge in [-0.2, -0.15) is 0 Å². The molecule has 0 spiro atoms. The molecule has 6 atom stereocenters. The van der Waals surface area contributed by atoms with E-state index < -0.39 is 11.3 Å². The van der Waals surface area contributed by atoms with Gasteiger partial charge in [0.15, 0.2) is 0 Å². The summed E-state index contributed by atoms with van der Waals surface area (Å²) >= 11 is 0. The van der Waals surface area contributed by atoms with Crippen molar-refractivity contribution >= 4 is 11.9 Å². The largest absolute Gasteiger partial charge is 0.469 e. The van der Waals surface area contributed by atoms with Crippen LogP contribution < -0.4 is 0 Å². The van der Waals surface area contributed by atoms with E-state index in [4.69, 9.17) is 9.47 Å². The van der Waals surface area contributed by atoms with Crippen LogP contribution in [0.1, 0.15) is 43.2 Å². The fourth-order valence-electron chi connectivity index (χ4n) is 6.29. The topological polar surface area (TPSA) is 55.8 Å². The normalized spacial score (nSPS) is 41.3. The molecule has 5 rings (SSSR count). The fraction of sp³-hybridized carbons (Fsp3) is 0.600. The first-order chi connectivity index (χ1) is 11.9. The van der Waals surface area contributed by atoms with E-state index in [-0.39, 0.29) is 35.4 Å². The van der Waals surface area contributed by atoms with E-state index in [0.29, 0.717) is 0 Å². The molecule has 1 aromatic carbocycles. The third-order valence-corrected chi connectivity index (χ3v) is 7.49. The Morgan fingerprint density at radius 1 is 1.16 bits per heavy atom. The lowest BCUT2D eigenvalue weighted by Crippen LogP contribution is -2.75. The molecule has 2 heterocycles. The summed E-state index contributed by atoms with van der Waals surface area (Å²) in [6, 6.07) is 8.15. The van der Waals surface area contributed by atoms with Crippen molar-refractivity contribution in [3.63, 3.8) is 0 Å². The zero-order valence-electron chi connectivity index (χ0n) is 15.4. The van der Waals surface area contributed by atoms with Gasteiger partial charge in [0.1, 0.15) is 0 Å². The van der Waals surface area contributed by atoms with Crippen molar-refractivity contribution in [2.24, 2.45) is 11.3 Å². The van der Waals surface area contributed by atoms with Gasteiger partial charge in [-0.15, -0.1) is 0 Å². The Bertz CT molecular complexity index is 762. The summed E-state index contributed by atoms with van der Waals surface area (Å²) in [6.07, 6.45) is 0.746. The molecule has 0 aromatic heterocycles. The van der Waals surface area contributed by atoms with Gasteiger partial charge in [-0.25, -0.2) is 0 Å². The number of nitrogens with zero attached hydrogens (tertiary/aromatic N) is 1. The van der Waals surface area contributed by atoms with Crippen LogP contribution in [-0.4, -0.2) is 49.7 Å². The standard InChI is InChI=1S/C20H25NO4/c1-11-20(18(23)25-5)14-10-19(2,21(11)3)16(17(22)24-4)15(20)13-9-7-6-8-12(13)14/h6-9,11,14-16H,10H2,1-5H3/t11?,14?,15?,16?,19-,20?/m0/s1. The van der Waals surface area contributed by atoms with E-state index in [9.17, 15) is 9.59 Å². The summed E-state index contributed by atoms with van der Waals surface area (Å²) in [5, 5.41) is 0. The Morgan fingerprint density at radius 2 is 1.80 bits per heavy atom. The van der Waals surface area contributed by atoms with Crippen LogP contribution in [0.3, 0.4) is 0 Å². The second-order valence-electron chi connectivity index (χ2n) is 7.93. The molecular weight excluding hydrogens is 318 g/mol. The SMILES string of the molecule is COC(=O)C1C2c3ccccc3C3C[C@]1(C)N(C)C(C)C32C(=O)OC. The summed E-state index contributed by atoms with van der Waals surface area (Å²) in [6.45, 7) is 4.23. The number of hydrogen-bond donors (Lipinski definition) is 0. The predicted octanol–water partition coefficient (Wildman–Crippen LogP) is 2.31. The molecule has 1 aromatic rings. The van der Waals surface area contributed by atoms with E-state index in [0.717, 1.165) is 12.0 Å². The molecule has 0 radical (unpaired) electrons. The predicted molar refractivity (Wildman–Crippen MR) is 92.1 cm³/mol. The van der Waals surface area contributed by atoms with Crippen molar-refractivity contribution in [3.05, 3.63) is 35.4 Å². The summed E-state index contributed by atoms with van der Waals surface area (Å²) in [7, 11) is 4.89. The quantitative estimate of drug-likeness (QED) is 0.772. The van der Waals surface area contributed by atoms with Gasteiger partial charge in [0.25, 0.3) is 0 Å². The zero-order valence-corrected chi connectivity index (χ0v) is 15.4. The van der Waals surface area contributed by atoms with Crippen molar-refractivity contribution in [2.45, 2.75) is 43.7 Å². The van der Waals surface area contributed by atoms with E-state index >= 15 is 0 Å². The van der Waals surface area contributed by atoms with E-state index in [1.165, 1.54) is 19.8 Å². The Balaban J connectivity index is 2.05. The lowest BCUT2D eigenvalue weighted by atomic mass is 9.47. The third kappa shape index (κ3) is 1.63. The van der Waals surface area contributed by atoms with E-state index in [1.54, 1.807) is 0 Å². The first kappa shape index (κ1) is 16.6. The number of esters is 2. The van der Waals surface area contributed by atoms with Gasteiger partial charge in [-0.1, -0.05) is 24.3 Å². The minimum absolute atomic E-state index is 0.0259. The number of fused-ring (bicyclic) bond motifs is 2. The van der Waals surface area contributed by atoms with Crippen LogP contribution >= 0.6 is 0 Å². The fourth-order valence-corrected chi connectivity index (χ4v) is 6.29. The average molecular weight is 343 g/mol. The maximum absolute atomic E-state index is 13.2. The van der Waals surface area contributed by atoms with Crippen LogP contribution in [-0.2, 0) is 19.1 Å². The average Bonchev–Trinajstić information content (AvgIpc) is 2.84. The molecule has 4 bridgehead atoms. The third-order valence-electron chi connectivity index (χ3n) is 7.49. The summed E-state index contributed by atoms with van der Waals surface area (Å²) in [5.74, 6) is -0.988. The van der Waals surface area contributed by atoms with Gasteiger partial charge in [-0.05, 0) is 38.4 Å². The Morgan fingerprint density at radius 3 is 2.40 bits per heavy atom. The number of carbonyl (C=O) groups excluding carboxylic acids is 2. The van der Waals surface area contributed by atoms with Gasteiger partial charge < -0.3 is 9.47 Å². The molecule has 0 N–H and O–H groups in total. The molecule has 2 aliphatic carbocycles. The number of ether oxygens (including phenoxy) is 2. The molecule has 0 amide bonds. The van der Waals surface area contributed by atoms with Gasteiger partial charge in [0.2, 0.25) is 0 Å². The van der Waals surface area contributed by atoms with Crippen molar-refractivity contribution < 1.29 is 19.1 Å². The lowest BCUT2D eigenvalue weighted by molar-refractivity contribution is -0.205. The van der Waals surface area contributed by atoms with Gasteiger partial charge >= 0.3 is 11.9 Å². The van der Waals surface area contributed by atoms with Crippen molar-refractivity contribution in [3.8, 4) is 0 Å². The molecule has 25 heavy (non-hydrogen) atoms. The summed E-state index contributed by atoms with van der Waals surface area (Å²) in [5.41, 5.74) is 1.20. The minimum Gasteiger partial charge on any atom is -0.469 e. The highest BCUT2D eigenvalue weighted by Crippen LogP contribution is 2.73. The Labute approximate surface area is 148 Å². The molecule has 134 valence electrons. The van der Waals surface area contributed by atoms with Crippen LogP contribution in [0.2, 0.25) is 0 Å². The van der Waals surface area contributed by atoms with Crippen LogP contribution in [0.5, 0.6) is 0 Å². The highest BCUT2D eigenvalue weighted by Gasteiger charge is 2.77. The molecular formula is C20H25NO4. The van der Waals surface area contributed by atoms with Crippen LogP contribution in [0.4, 0.5) is 0 Å². The van der Waals surface area contributed by atoms with Gasteiger partial charge in [0, 0.05) is 23.4 Å². The highest BCUT2D eigenvalue weighted by molar-refractivity contribution is 5.88. The first-order valence-corrected chi connectivity index (χ1v) is 8.83. The molecule has 2 aliphatic heterocycles. The maximum Gasteiger partial charge on any atom is 0.314 e. The van der Waals surface area contributed by atoms with E-state index in [1.807, 2.05) is 19.2 Å². The molecule has 1 saturated carbocycles. The number of benzene rings is 1. The molecule has 5 unspecified atom stereocenters. The van der Waals surface area contributed by atoms with Gasteiger partial charge in [-0.3, -0.25) is 14.5 Å². The lowest BCUT2D eigenvalue weighted by Gasteiger charge is -2.66. The zero-order chi connectivity index (χ0) is 18.1. The number of piperidine rings is 2. The minimum atomic E-state index is -0.746. The van der Waals surface area contributed by atoms with Crippen molar-refractivity contribution in [2.75, 3.05) is 21.3 Å². The van der Waals surface area contributed by atoms with Crippen LogP contribution in [0.25, 0.3) is 0 Å². The number of methoxy groups -OCH3 is 2. The first-order valence-electron chi connectivity index (χ1n) is 8.83. The Hall–Kier alpha value is -1.88. The number of carbonyl (C=O) groups is 2. The summed E-state index contributed by atoms with van der Waals surface area (Å²) in [4.78, 5) is 28.3. The maximum atomic E-state index is 13.2. The highest BCUT2D eigenvalue weighted by atomic mass is 16.5. The van der Waals surface area contributed by atoms with Crippen LogP contribution in [0, 0.1) is 11.3 Å². The second-order valence-corrected chi connectivity index (χ2v) is 7.93. The monoisotopic (exact) mass is 343 g/mol. The number of rotatable bonds is 2. The van der Waals surface area contributed by atoms with Gasteiger partial charge in [0.05, 0.1) is 25.6 Å². The molecule has 3 fully saturated rings. The molecule has 4 aliphatic rings. The van der Waals surface area contributed by atoms with Crippen LogP contribution in [0.15, 0.2) is 24.3 Å². The second kappa shape index (κ2) is 5.07. The smallest absolute Gasteiger partial charge is 0.314 e. The summed E-state index contributed by atoms with van der Waals surface area (Å²) < 4.78 is 10.5. The Kier molecular flexibility index (Phi) is 3.36.